The lowest BCUT2D eigenvalue weighted by Gasteiger charge is -2.25. The summed E-state index contributed by atoms with van der Waals surface area (Å²) >= 11 is 0. The van der Waals surface area contributed by atoms with Gasteiger partial charge in [0.05, 0.1) is 6.07 Å². The fraction of sp³-hybridized carbons (Fsp3) is 0.556. The fourth-order valence-electron chi connectivity index (χ4n) is 2.80. The number of hydrogen-bond donors (Lipinski definition) is 1. The zero-order valence-corrected chi connectivity index (χ0v) is 13.6. The number of anilines is 1. The van der Waals surface area contributed by atoms with Crippen LogP contribution in [0.15, 0.2) is 18.2 Å². The summed E-state index contributed by atoms with van der Waals surface area (Å²) in [6.07, 6.45) is 3.73. The van der Waals surface area contributed by atoms with Crippen LogP contribution in [-0.4, -0.2) is 5.91 Å². The van der Waals surface area contributed by atoms with Crippen molar-refractivity contribution in [2.75, 3.05) is 5.32 Å². The molecule has 1 aromatic carbocycles. The Morgan fingerprint density at radius 3 is 2.33 bits per heavy atom. The number of nitrogens with zero attached hydrogens (tertiary/aromatic N) is 1. The summed E-state index contributed by atoms with van der Waals surface area (Å²) in [6.45, 7) is 8.09. The van der Waals surface area contributed by atoms with E-state index in [1.54, 1.807) is 0 Å². The molecule has 1 aromatic rings. The largest absolute Gasteiger partial charge is 0.324 e. The quantitative estimate of drug-likeness (QED) is 0.796. The molecule has 0 fully saturated rings. The van der Waals surface area contributed by atoms with Crippen molar-refractivity contribution in [3.8, 4) is 6.07 Å². The van der Waals surface area contributed by atoms with Gasteiger partial charge in [0.2, 0.25) is 5.91 Å². The van der Waals surface area contributed by atoms with Crippen molar-refractivity contribution in [1.82, 2.24) is 0 Å². The minimum Gasteiger partial charge on any atom is -0.324 e. The second kappa shape index (κ2) is 7.83. The van der Waals surface area contributed by atoms with Gasteiger partial charge in [0.1, 0.15) is 5.41 Å². The van der Waals surface area contributed by atoms with Gasteiger partial charge in [-0.25, -0.2) is 0 Å². The van der Waals surface area contributed by atoms with E-state index in [4.69, 9.17) is 0 Å². The van der Waals surface area contributed by atoms with Crippen LogP contribution in [0.2, 0.25) is 0 Å². The minimum absolute atomic E-state index is 0.155. The van der Waals surface area contributed by atoms with Gasteiger partial charge in [-0.3, -0.25) is 4.79 Å². The van der Waals surface area contributed by atoms with E-state index in [-0.39, 0.29) is 5.91 Å². The van der Waals surface area contributed by atoms with Crippen LogP contribution >= 0.6 is 0 Å². The Balaban J connectivity index is 3.11. The van der Waals surface area contributed by atoms with E-state index >= 15 is 0 Å². The molecule has 0 unspecified atom stereocenters. The third-order valence-electron chi connectivity index (χ3n) is 3.98. The molecule has 1 rings (SSSR count). The van der Waals surface area contributed by atoms with Crippen LogP contribution in [0.3, 0.4) is 0 Å². The summed E-state index contributed by atoms with van der Waals surface area (Å²) in [6, 6.07) is 8.29. The molecule has 0 heterocycles. The normalized spacial score (nSPS) is 11.0. The fourth-order valence-corrected chi connectivity index (χ4v) is 2.80. The van der Waals surface area contributed by atoms with Gasteiger partial charge < -0.3 is 5.32 Å². The highest BCUT2D eigenvalue weighted by Crippen LogP contribution is 2.32. The molecule has 3 nitrogen and oxygen atoms in total. The van der Waals surface area contributed by atoms with Gasteiger partial charge in [-0.1, -0.05) is 51.8 Å². The van der Waals surface area contributed by atoms with Crippen molar-refractivity contribution in [2.24, 2.45) is 5.41 Å². The van der Waals surface area contributed by atoms with Crippen LogP contribution in [0.5, 0.6) is 0 Å². The molecule has 3 heteroatoms. The standard InChI is InChI=1S/C18H26N2O/c1-5-11-18(13-19,12-6-2)17(21)20-16-14(4)9-8-10-15(16)7-3/h8-10H,5-7,11-12H2,1-4H3,(H,20,21). The lowest BCUT2D eigenvalue weighted by Crippen LogP contribution is -2.35. The molecule has 0 spiro atoms. The topological polar surface area (TPSA) is 52.9 Å². The van der Waals surface area contributed by atoms with E-state index in [1.165, 1.54) is 0 Å². The van der Waals surface area contributed by atoms with Gasteiger partial charge in [0.25, 0.3) is 0 Å². The number of nitrogens with one attached hydrogen (secondary N) is 1. The first kappa shape index (κ1) is 17.2. The molecular formula is C18H26N2O. The number of para-hydroxylation sites is 1. The minimum atomic E-state index is -0.906. The third kappa shape index (κ3) is 3.85. The van der Waals surface area contributed by atoms with Crippen LogP contribution in [0.1, 0.15) is 57.6 Å². The number of carbonyl (C=O) groups is 1. The third-order valence-corrected chi connectivity index (χ3v) is 3.98. The molecule has 114 valence electrons. The Bertz CT molecular complexity index is 523. The van der Waals surface area contributed by atoms with Crippen LogP contribution in [0.4, 0.5) is 5.69 Å². The van der Waals surface area contributed by atoms with Crippen molar-refractivity contribution in [2.45, 2.75) is 59.8 Å². The van der Waals surface area contributed by atoms with Crippen molar-refractivity contribution >= 4 is 11.6 Å². The maximum atomic E-state index is 12.7. The molecule has 0 radical (unpaired) electrons. The number of aryl methyl sites for hydroxylation is 2. The second-order valence-corrected chi connectivity index (χ2v) is 5.61. The molecule has 0 aliphatic carbocycles. The van der Waals surface area contributed by atoms with E-state index in [1.807, 2.05) is 39.0 Å². The van der Waals surface area contributed by atoms with Gasteiger partial charge in [-0.05, 0) is 37.3 Å². The van der Waals surface area contributed by atoms with E-state index in [0.29, 0.717) is 12.8 Å². The van der Waals surface area contributed by atoms with Gasteiger partial charge in [-0.2, -0.15) is 5.26 Å². The number of nitriles is 1. The van der Waals surface area contributed by atoms with Crippen LogP contribution in [0, 0.1) is 23.7 Å². The SMILES string of the molecule is CCCC(C#N)(CCC)C(=O)Nc1c(C)cccc1CC. The Hall–Kier alpha value is -1.82. The zero-order valence-electron chi connectivity index (χ0n) is 13.6. The molecule has 1 amide bonds. The Kier molecular flexibility index (Phi) is 6.42. The highest BCUT2D eigenvalue weighted by atomic mass is 16.2. The maximum Gasteiger partial charge on any atom is 0.244 e. The van der Waals surface area contributed by atoms with E-state index in [9.17, 15) is 10.1 Å². The molecular weight excluding hydrogens is 260 g/mol. The smallest absolute Gasteiger partial charge is 0.244 e. The summed E-state index contributed by atoms with van der Waals surface area (Å²) in [5.41, 5.74) is 2.12. The number of hydrogen-bond acceptors (Lipinski definition) is 2. The predicted molar refractivity (Wildman–Crippen MR) is 87.0 cm³/mol. The average molecular weight is 286 g/mol. The average Bonchev–Trinajstić information content (AvgIpc) is 2.48. The van der Waals surface area contributed by atoms with E-state index in [0.717, 1.165) is 36.1 Å². The van der Waals surface area contributed by atoms with Crippen molar-refractivity contribution in [3.05, 3.63) is 29.3 Å². The molecule has 0 atom stereocenters. The van der Waals surface area contributed by atoms with Crippen molar-refractivity contribution in [3.63, 3.8) is 0 Å². The summed E-state index contributed by atoms with van der Waals surface area (Å²) in [4.78, 5) is 12.7. The van der Waals surface area contributed by atoms with Crippen LogP contribution in [-0.2, 0) is 11.2 Å². The molecule has 0 saturated carbocycles. The van der Waals surface area contributed by atoms with Crippen LogP contribution < -0.4 is 5.32 Å². The highest BCUT2D eigenvalue weighted by molar-refractivity contribution is 5.98. The predicted octanol–water partition coefficient (Wildman–Crippen LogP) is 4.61. The summed E-state index contributed by atoms with van der Waals surface area (Å²) < 4.78 is 0. The van der Waals surface area contributed by atoms with Gasteiger partial charge in [-0.15, -0.1) is 0 Å². The Labute approximate surface area is 128 Å². The maximum absolute atomic E-state index is 12.7. The van der Waals surface area contributed by atoms with Crippen molar-refractivity contribution in [1.29, 1.82) is 5.26 Å². The van der Waals surface area contributed by atoms with E-state index < -0.39 is 5.41 Å². The second-order valence-electron chi connectivity index (χ2n) is 5.61. The zero-order chi connectivity index (χ0) is 15.9. The molecule has 21 heavy (non-hydrogen) atoms. The summed E-state index contributed by atoms with van der Waals surface area (Å²) in [7, 11) is 0. The first-order valence-corrected chi connectivity index (χ1v) is 7.85. The number of amides is 1. The van der Waals surface area contributed by atoms with Crippen LogP contribution in [0.25, 0.3) is 0 Å². The van der Waals surface area contributed by atoms with Crippen molar-refractivity contribution < 1.29 is 4.79 Å². The molecule has 0 saturated heterocycles. The molecule has 0 aromatic heterocycles. The first-order valence-electron chi connectivity index (χ1n) is 7.85. The van der Waals surface area contributed by atoms with Gasteiger partial charge >= 0.3 is 0 Å². The molecule has 0 aliphatic heterocycles. The lowest BCUT2D eigenvalue weighted by molar-refractivity contribution is -0.123. The number of carbonyl (C=O) groups excluding carboxylic acids is 1. The lowest BCUT2D eigenvalue weighted by atomic mass is 9.79. The number of rotatable bonds is 7. The van der Waals surface area contributed by atoms with E-state index in [2.05, 4.69) is 18.3 Å². The number of benzene rings is 1. The molecule has 0 aliphatic rings. The molecule has 0 bridgehead atoms. The summed E-state index contributed by atoms with van der Waals surface area (Å²) in [5.74, 6) is -0.155. The first-order chi connectivity index (χ1) is 10.0. The van der Waals surface area contributed by atoms with Gasteiger partial charge in [0, 0.05) is 5.69 Å². The Morgan fingerprint density at radius 1 is 1.24 bits per heavy atom. The molecule has 1 N–H and O–H groups in total. The summed E-state index contributed by atoms with van der Waals surface area (Å²) in [5, 5.41) is 12.6. The monoisotopic (exact) mass is 286 g/mol. The van der Waals surface area contributed by atoms with Gasteiger partial charge in [0.15, 0.2) is 0 Å². The Morgan fingerprint density at radius 2 is 1.86 bits per heavy atom. The highest BCUT2D eigenvalue weighted by Gasteiger charge is 2.37.